The predicted octanol–water partition coefficient (Wildman–Crippen LogP) is 4.39. The first-order chi connectivity index (χ1) is 14.2. The minimum Gasteiger partial charge on any atom is -0.497 e. The Labute approximate surface area is 169 Å². The van der Waals surface area contributed by atoms with Crippen LogP contribution in [-0.2, 0) is 16.9 Å². The number of para-hydroxylation sites is 1. The van der Waals surface area contributed by atoms with Crippen molar-refractivity contribution in [3.05, 3.63) is 89.5 Å². The van der Waals surface area contributed by atoms with Crippen LogP contribution in [0.2, 0.25) is 0 Å². The lowest BCUT2D eigenvalue weighted by atomic mass is 9.89. The molecule has 1 saturated heterocycles. The van der Waals surface area contributed by atoms with Gasteiger partial charge in [0.05, 0.1) is 26.4 Å². The summed E-state index contributed by atoms with van der Waals surface area (Å²) in [5, 5.41) is 0. The molecule has 29 heavy (non-hydrogen) atoms. The molecule has 1 aliphatic rings. The Kier molecular flexibility index (Phi) is 5.23. The van der Waals surface area contributed by atoms with Crippen LogP contribution in [0.1, 0.15) is 21.5 Å². The number of carbonyl (C=O) groups excluding carboxylic acids is 1. The Balaban J connectivity index is 1.65. The fourth-order valence-corrected chi connectivity index (χ4v) is 3.34. The Morgan fingerprint density at radius 1 is 0.931 bits per heavy atom. The van der Waals surface area contributed by atoms with E-state index in [0.717, 1.165) is 5.56 Å². The lowest BCUT2D eigenvalue weighted by Crippen LogP contribution is -2.24. The Bertz CT molecular complexity index is 1010. The summed E-state index contributed by atoms with van der Waals surface area (Å²) in [6.45, 7) is 0.657. The maximum absolute atomic E-state index is 13.5. The number of Topliss-reactive ketones (excluding diaryl/α,β-unsaturated/α-hetero) is 1. The van der Waals surface area contributed by atoms with Gasteiger partial charge in [-0.25, -0.2) is 0 Å². The van der Waals surface area contributed by atoms with E-state index in [9.17, 15) is 4.79 Å². The quantitative estimate of drug-likeness (QED) is 0.422. The molecule has 0 amide bonds. The van der Waals surface area contributed by atoms with E-state index in [2.05, 4.69) is 0 Å². The molecule has 0 saturated carbocycles. The summed E-state index contributed by atoms with van der Waals surface area (Å²) in [7, 11) is 3.16. The number of methoxy groups -OCH3 is 2. The van der Waals surface area contributed by atoms with E-state index >= 15 is 0 Å². The molecule has 3 aromatic carbocycles. The molecule has 4 rings (SSSR count). The Morgan fingerprint density at radius 2 is 1.66 bits per heavy atom. The summed E-state index contributed by atoms with van der Waals surface area (Å²) >= 11 is 0. The summed E-state index contributed by atoms with van der Waals surface area (Å²) in [5.41, 5.74) is 1.07. The SMILES string of the molecule is COc1ccc(OC)c(C2(C(=O)c3ccccc3OCc3ccccc3)CO2)c1. The van der Waals surface area contributed by atoms with Crippen LogP contribution in [-0.4, -0.2) is 26.6 Å². The standard InChI is InChI=1S/C24H22O5/c1-26-18-12-13-22(27-2)20(14-18)24(16-29-24)23(25)19-10-6-7-11-21(19)28-15-17-8-4-3-5-9-17/h3-14H,15-16H2,1-2H3. The van der Waals surface area contributed by atoms with E-state index in [1.807, 2.05) is 42.5 Å². The van der Waals surface area contributed by atoms with Gasteiger partial charge >= 0.3 is 0 Å². The van der Waals surface area contributed by atoms with Crippen molar-refractivity contribution in [2.24, 2.45) is 0 Å². The molecule has 3 aromatic rings. The minimum atomic E-state index is -1.09. The Morgan fingerprint density at radius 3 is 2.34 bits per heavy atom. The molecule has 1 unspecified atom stereocenters. The largest absolute Gasteiger partial charge is 0.497 e. The molecule has 0 spiro atoms. The van der Waals surface area contributed by atoms with E-state index in [-0.39, 0.29) is 12.4 Å². The summed E-state index contributed by atoms with van der Waals surface area (Å²) in [4.78, 5) is 13.5. The number of ether oxygens (including phenoxy) is 4. The highest BCUT2D eigenvalue weighted by atomic mass is 16.6. The van der Waals surface area contributed by atoms with Crippen LogP contribution >= 0.6 is 0 Å². The molecule has 1 aliphatic heterocycles. The molecule has 0 radical (unpaired) electrons. The summed E-state index contributed by atoms with van der Waals surface area (Å²) in [6, 6.07) is 22.4. The zero-order valence-corrected chi connectivity index (χ0v) is 16.4. The van der Waals surface area contributed by atoms with Gasteiger partial charge in [-0.1, -0.05) is 42.5 Å². The van der Waals surface area contributed by atoms with Gasteiger partial charge in [0, 0.05) is 5.56 Å². The summed E-state index contributed by atoms with van der Waals surface area (Å²) < 4.78 is 22.5. The second-order valence-electron chi connectivity index (χ2n) is 6.78. The number of carbonyl (C=O) groups is 1. The van der Waals surface area contributed by atoms with E-state index in [4.69, 9.17) is 18.9 Å². The molecular formula is C24H22O5. The molecule has 1 fully saturated rings. The number of hydrogen-bond acceptors (Lipinski definition) is 5. The lowest BCUT2D eigenvalue weighted by molar-refractivity contribution is 0.0863. The van der Waals surface area contributed by atoms with Gasteiger partial charge in [-0.15, -0.1) is 0 Å². The molecule has 148 valence electrons. The highest BCUT2D eigenvalue weighted by Crippen LogP contribution is 2.47. The summed E-state index contributed by atoms with van der Waals surface area (Å²) in [6.07, 6.45) is 0. The van der Waals surface area contributed by atoms with Crippen LogP contribution in [0.4, 0.5) is 0 Å². The normalized spacial score (nSPS) is 17.4. The molecule has 5 heteroatoms. The zero-order valence-electron chi connectivity index (χ0n) is 16.4. The fraction of sp³-hybridized carbons (Fsp3) is 0.208. The van der Waals surface area contributed by atoms with Crippen molar-refractivity contribution in [1.82, 2.24) is 0 Å². The van der Waals surface area contributed by atoms with Gasteiger partial charge in [0.1, 0.15) is 23.9 Å². The van der Waals surface area contributed by atoms with Gasteiger partial charge in [0.15, 0.2) is 5.60 Å². The van der Waals surface area contributed by atoms with Crippen molar-refractivity contribution < 1.29 is 23.7 Å². The maximum Gasteiger partial charge on any atom is 0.205 e. The number of epoxide rings is 1. The highest BCUT2D eigenvalue weighted by molar-refractivity contribution is 6.07. The van der Waals surface area contributed by atoms with Gasteiger partial charge < -0.3 is 18.9 Å². The zero-order chi connectivity index (χ0) is 20.3. The third kappa shape index (κ3) is 3.69. The number of benzene rings is 3. The van der Waals surface area contributed by atoms with Gasteiger partial charge in [0.2, 0.25) is 5.78 Å². The topological polar surface area (TPSA) is 57.3 Å². The molecule has 5 nitrogen and oxygen atoms in total. The molecule has 0 aliphatic carbocycles. The van der Waals surface area contributed by atoms with Crippen LogP contribution in [0.5, 0.6) is 17.2 Å². The van der Waals surface area contributed by atoms with Crippen molar-refractivity contribution in [3.8, 4) is 17.2 Å². The molecule has 1 atom stereocenters. The fourth-order valence-electron chi connectivity index (χ4n) is 3.34. The first-order valence-electron chi connectivity index (χ1n) is 9.35. The van der Waals surface area contributed by atoms with Gasteiger partial charge in [0.25, 0.3) is 0 Å². The van der Waals surface area contributed by atoms with Gasteiger partial charge in [-0.2, -0.15) is 0 Å². The van der Waals surface area contributed by atoms with Crippen molar-refractivity contribution >= 4 is 5.78 Å². The highest BCUT2D eigenvalue weighted by Gasteiger charge is 2.56. The minimum absolute atomic E-state index is 0.160. The van der Waals surface area contributed by atoms with E-state index < -0.39 is 5.60 Å². The predicted molar refractivity (Wildman–Crippen MR) is 109 cm³/mol. The first-order valence-corrected chi connectivity index (χ1v) is 9.35. The smallest absolute Gasteiger partial charge is 0.205 e. The summed E-state index contributed by atoms with van der Waals surface area (Å²) in [5.74, 6) is 1.59. The van der Waals surface area contributed by atoms with E-state index in [1.54, 1.807) is 44.6 Å². The molecule has 0 aromatic heterocycles. The first kappa shape index (κ1) is 19.0. The second kappa shape index (κ2) is 7.97. The number of rotatable bonds is 8. The van der Waals surface area contributed by atoms with Gasteiger partial charge in [-0.05, 0) is 35.9 Å². The third-order valence-electron chi connectivity index (χ3n) is 5.01. The molecule has 0 N–H and O–H groups in total. The average Bonchev–Trinajstić information content (AvgIpc) is 3.59. The van der Waals surface area contributed by atoms with Crippen LogP contribution in [0.15, 0.2) is 72.8 Å². The van der Waals surface area contributed by atoms with Crippen LogP contribution in [0.25, 0.3) is 0 Å². The van der Waals surface area contributed by atoms with Crippen molar-refractivity contribution in [1.29, 1.82) is 0 Å². The molecule has 1 heterocycles. The van der Waals surface area contributed by atoms with E-state index in [0.29, 0.717) is 35.0 Å². The molecule has 0 bridgehead atoms. The van der Waals surface area contributed by atoms with Crippen LogP contribution < -0.4 is 14.2 Å². The Hall–Kier alpha value is -3.31. The van der Waals surface area contributed by atoms with E-state index in [1.165, 1.54) is 0 Å². The van der Waals surface area contributed by atoms with Crippen LogP contribution in [0, 0.1) is 0 Å². The lowest BCUT2D eigenvalue weighted by Gasteiger charge is -2.18. The average molecular weight is 390 g/mol. The second-order valence-corrected chi connectivity index (χ2v) is 6.78. The number of ketones is 1. The van der Waals surface area contributed by atoms with Crippen LogP contribution in [0.3, 0.4) is 0 Å². The monoisotopic (exact) mass is 390 g/mol. The van der Waals surface area contributed by atoms with Crippen molar-refractivity contribution in [2.75, 3.05) is 20.8 Å². The molecular weight excluding hydrogens is 368 g/mol. The van der Waals surface area contributed by atoms with Crippen molar-refractivity contribution in [3.63, 3.8) is 0 Å². The third-order valence-corrected chi connectivity index (χ3v) is 5.01. The maximum atomic E-state index is 13.5. The number of hydrogen-bond donors (Lipinski definition) is 0. The van der Waals surface area contributed by atoms with Gasteiger partial charge in [-0.3, -0.25) is 4.79 Å². The van der Waals surface area contributed by atoms with Crippen molar-refractivity contribution in [2.45, 2.75) is 12.2 Å².